The molecule has 0 aliphatic carbocycles. The second kappa shape index (κ2) is 9.70. The van der Waals surface area contributed by atoms with Crippen molar-refractivity contribution in [3.05, 3.63) is 90.1 Å². The molecule has 32 heavy (non-hydrogen) atoms. The molecule has 1 aromatic heterocycles. The van der Waals surface area contributed by atoms with Gasteiger partial charge in [-0.15, -0.1) is 0 Å². The van der Waals surface area contributed by atoms with Crippen LogP contribution in [0.5, 0.6) is 0 Å². The minimum absolute atomic E-state index is 0.142. The molecule has 1 fully saturated rings. The average Bonchev–Trinajstić information content (AvgIpc) is 3.25. The molecule has 0 bridgehead atoms. The summed E-state index contributed by atoms with van der Waals surface area (Å²) >= 11 is 0. The van der Waals surface area contributed by atoms with Gasteiger partial charge in [0.1, 0.15) is 5.82 Å². The SMILES string of the molecule is O=C(C=Cc1ccc(N2CCCC2=O)cc1)Nc1cccc(C(=O)Nc2ccccn2)c1. The van der Waals surface area contributed by atoms with Gasteiger partial charge in [-0.2, -0.15) is 0 Å². The Hall–Kier alpha value is -4.26. The van der Waals surface area contributed by atoms with Crippen molar-refractivity contribution < 1.29 is 14.4 Å². The fourth-order valence-electron chi connectivity index (χ4n) is 3.41. The molecule has 0 spiro atoms. The number of nitrogens with zero attached hydrogens (tertiary/aromatic N) is 2. The lowest BCUT2D eigenvalue weighted by Gasteiger charge is -2.15. The average molecular weight is 426 g/mol. The van der Waals surface area contributed by atoms with E-state index in [2.05, 4.69) is 15.6 Å². The zero-order valence-electron chi connectivity index (χ0n) is 17.3. The van der Waals surface area contributed by atoms with E-state index in [1.165, 1.54) is 6.08 Å². The van der Waals surface area contributed by atoms with Gasteiger partial charge in [-0.05, 0) is 60.5 Å². The zero-order chi connectivity index (χ0) is 22.3. The predicted molar refractivity (Wildman–Crippen MR) is 124 cm³/mol. The van der Waals surface area contributed by atoms with Crippen molar-refractivity contribution in [3.8, 4) is 0 Å². The fraction of sp³-hybridized carbons (Fsp3) is 0.120. The van der Waals surface area contributed by atoms with Crippen LogP contribution in [0.4, 0.5) is 17.2 Å². The highest BCUT2D eigenvalue weighted by Gasteiger charge is 2.21. The monoisotopic (exact) mass is 426 g/mol. The number of hydrogen-bond acceptors (Lipinski definition) is 4. The highest BCUT2D eigenvalue weighted by Crippen LogP contribution is 2.22. The Bertz CT molecular complexity index is 1160. The maximum atomic E-state index is 12.4. The molecule has 1 aliphatic heterocycles. The quantitative estimate of drug-likeness (QED) is 0.580. The lowest BCUT2D eigenvalue weighted by molar-refractivity contribution is -0.117. The molecule has 4 rings (SSSR count). The third-order valence-electron chi connectivity index (χ3n) is 5.00. The topological polar surface area (TPSA) is 91.4 Å². The summed E-state index contributed by atoms with van der Waals surface area (Å²) in [6, 6.07) is 19.4. The number of aromatic nitrogens is 1. The second-order valence-electron chi connectivity index (χ2n) is 7.31. The van der Waals surface area contributed by atoms with Gasteiger partial charge in [0.05, 0.1) is 0 Å². The minimum atomic E-state index is -0.314. The standard InChI is InChI=1S/C25H22N4O3/c30-23(14-11-18-9-12-21(13-10-18)29-16-4-8-24(29)31)27-20-6-3-5-19(17-20)25(32)28-22-7-1-2-15-26-22/h1-3,5-7,9-15,17H,4,8,16H2,(H,27,30)(H,26,28,32). The van der Waals surface area contributed by atoms with E-state index >= 15 is 0 Å². The number of hydrogen-bond donors (Lipinski definition) is 2. The van der Waals surface area contributed by atoms with Gasteiger partial charge in [0.15, 0.2) is 0 Å². The summed E-state index contributed by atoms with van der Waals surface area (Å²) in [5, 5.41) is 5.47. The van der Waals surface area contributed by atoms with E-state index in [9.17, 15) is 14.4 Å². The van der Waals surface area contributed by atoms with Gasteiger partial charge in [-0.25, -0.2) is 4.98 Å². The van der Waals surface area contributed by atoms with Crippen molar-refractivity contribution in [3.63, 3.8) is 0 Å². The molecule has 2 N–H and O–H groups in total. The van der Waals surface area contributed by atoms with E-state index in [1.54, 1.807) is 59.6 Å². The Labute approximate surface area is 185 Å². The number of carbonyl (C=O) groups is 3. The third-order valence-corrected chi connectivity index (χ3v) is 5.00. The second-order valence-corrected chi connectivity index (χ2v) is 7.31. The zero-order valence-corrected chi connectivity index (χ0v) is 17.3. The van der Waals surface area contributed by atoms with Crippen LogP contribution in [0.2, 0.25) is 0 Å². The predicted octanol–water partition coefficient (Wildman–Crippen LogP) is 4.11. The van der Waals surface area contributed by atoms with Crippen LogP contribution in [0.25, 0.3) is 6.08 Å². The molecular formula is C25H22N4O3. The van der Waals surface area contributed by atoms with Crippen LogP contribution < -0.4 is 15.5 Å². The summed E-state index contributed by atoms with van der Waals surface area (Å²) in [7, 11) is 0. The first-order chi connectivity index (χ1) is 15.6. The number of amides is 3. The number of benzene rings is 2. The summed E-state index contributed by atoms with van der Waals surface area (Å²) in [4.78, 5) is 42.4. The summed E-state index contributed by atoms with van der Waals surface area (Å²) in [5.74, 6) is -0.0309. The van der Waals surface area contributed by atoms with Crippen molar-refractivity contribution >= 4 is 41.0 Å². The molecule has 1 aliphatic rings. The Morgan fingerprint density at radius 1 is 0.969 bits per heavy atom. The first-order valence-electron chi connectivity index (χ1n) is 10.3. The summed E-state index contributed by atoms with van der Waals surface area (Å²) in [6.45, 7) is 0.745. The molecule has 160 valence electrons. The molecule has 3 amide bonds. The highest BCUT2D eigenvalue weighted by atomic mass is 16.2. The van der Waals surface area contributed by atoms with Crippen LogP contribution in [-0.4, -0.2) is 29.3 Å². The lowest BCUT2D eigenvalue weighted by atomic mass is 10.1. The van der Waals surface area contributed by atoms with Crippen molar-refractivity contribution in [1.29, 1.82) is 0 Å². The van der Waals surface area contributed by atoms with E-state index in [1.807, 2.05) is 24.3 Å². The van der Waals surface area contributed by atoms with E-state index in [4.69, 9.17) is 0 Å². The summed E-state index contributed by atoms with van der Waals surface area (Å²) in [5.41, 5.74) is 2.63. The van der Waals surface area contributed by atoms with Gasteiger partial charge in [0, 0.05) is 42.2 Å². The van der Waals surface area contributed by atoms with E-state index in [0.717, 1.165) is 24.2 Å². The first-order valence-corrected chi connectivity index (χ1v) is 10.3. The maximum Gasteiger partial charge on any atom is 0.256 e. The fourth-order valence-corrected chi connectivity index (χ4v) is 3.41. The number of rotatable bonds is 6. The van der Waals surface area contributed by atoms with Crippen LogP contribution in [0.1, 0.15) is 28.8 Å². The highest BCUT2D eigenvalue weighted by molar-refractivity contribution is 6.06. The van der Waals surface area contributed by atoms with Gasteiger partial charge in [0.2, 0.25) is 11.8 Å². The van der Waals surface area contributed by atoms with Crippen molar-refractivity contribution in [2.45, 2.75) is 12.8 Å². The molecule has 7 nitrogen and oxygen atoms in total. The largest absolute Gasteiger partial charge is 0.322 e. The van der Waals surface area contributed by atoms with E-state index < -0.39 is 0 Å². The molecular weight excluding hydrogens is 404 g/mol. The van der Waals surface area contributed by atoms with Crippen LogP contribution in [0.3, 0.4) is 0 Å². The van der Waals surface area contributed by atoms with Gasteiger partial charge < -0.3 is 15.5 Å². The Morgan fingerprint density at radius 3 is 2.53 bits per heavy atom. The Morgan fingerprint density at radius 2 is 1.81 bits per heavy atom. The minimum Gasteiger partial charge on any atom is -0.322 e. The van der Waals surface area contributed by atoms with Gasteiger partial charge in [-0.3, -0.25) is 14.4 Å². The smallest absolute Gasteiger partial charge is 0.256 e. The Kier molecular flexibility index (Phi) is 6.36. The first kappa shape index (κ1) is 21.0. The molecule has 0 saturated carbocycles. The summed E-state index contributed by atoms with van der Waals surface area (Å²) < 4.78 is 0. The number of anilines is 3. The third kappa shape index (κ3) is 5.26. The molecule has 0 atom stereocenters. The normalized spacial score (nSPS) is 13.4. The molecule has 3 aromatic rings. The molecule has 1 saturated heterocycles. The van der Waals surface area contributed by atoms with Gasteiger partial charge in [0.25, 0.3) is 5.91 Å². The number of pyridine rings is 1. The van der Waals surface area contributed by atoms with Crippen molar-refractivity contribution in [2.75, 3.05) is 22.1 Å². The van der Waals surface area contributed by atoms with Crippen LogP contribution in [0.15, 0.2) is 79.0 Å². The van der Waals surface area contributed by atoms with Gasteiger partial charge >= 0.3 is 0 Å². The Balaban J connectivity index is 1.35. The van der Waals surface area contributed by atoms with Crippen molar-refractivity contribution in [1.82, 2.24) is 4.98 Å². The van der Waals surface area contributed by atoms with E-state index in [-0.39, 0.29) is 17.7 Å². The van der Waals surface area contributed by atoms with Crippen LogP contribution >= 0.6 is 0 Å². The molecule has 7 heteroatoms. The molecule has 0 radical (unpaired) electrons. The summed E-state index contributed by atoms with van der Waals surface area (Å²) in [6.07, 6.45) is 6.19. The maximum absolute atomic E-state index is 12.4. The number of carbonyl (C=O) groups excluding carboxylic acids is 3. The molecule has 2 heterocycles. The lowest BCUT2D eigenvalue weighted by Crippen LogP contribution is -2.23. The van der Waals surface area contributed by atoms with E-state index in [0.29, 0.717) is 23.5 Å². The molecule has 2 aromatic carbocycles. The number of nitrogens with one attached hydrogen (secondary N) is 2. The van der Waals surface area contributed by atoms with Crippen molar-refractivity contribution in [2.24, 2.45) is 0 Å². The van der Waals surface area contributed by atoms with Crippen LogP contribution in [-0.2, 0) is 9.59 Å². The van der Waals surface area contributed by atoms with Crippen LogP contribution in [0, 0.1) is 0 Å². The molecule has 0 unspecified atom stereocenters. The van der Waals surface area contributed by atoms with Gasteiger partial charge in [-0.1, -0.05) is 24.3 Å².